The molecule has 2 aliphatic rings. The summed E-state index contributed by atoms with van der Waals surface area (Å²) in [5, 5.41) is 9.55. The quantitative estimate of drug-likeness (QED) is 0.600. The Kier molecular flexibility index (Phi) is 7.60. The second-order valence-electron chi connectivity index (χ2n) is 10.3. The number of carboxylic acid groups (broad SMARTS) is 1. The maximum Gasteiger partial charge on any atom is 0.310 e. The van der Waals surface area contributed by atoms with E-state index in [0.717, 1.165) is 42.8 Å². The fraction of sp³-hybridized carbons (Fsp3) is 0.536. The van der Waals surface area contributed by atoms with Crippen LogP contribution in [0.15, 0.2) is 36.4 Å². The lowest BCUT2D eigenvalue weighted by Gasteiger charge is -2.39. The van der Waals surface area contributed by atoms with Crippen molar-refractivity contribution in [2.75, 3.05) is 33.9 Å². The van der Waals surface area contributed by atoms with E-state index >= 15 is 0 Å². The molecule has 1 unspecified atom stereocenters. The number of hydrogen-bond donors (Lipinski definition) is 1. The topological polar surface area (TPSA) is 68.2 Å². The number of hydrogen-bond acceptors (Lipinski definition) is 5. The van der Waals surface area contributed by atoms with Crippen LogP contribution in [-0.2, 0) is 34.1 Å². The molecule has 0 aromatic heterocycles. The highest BCUT2D eigenvalue weighted by Crippen LogP contribution is 2.45. The van der Waals surface area contributed by atoms with E-state index in [9.17, 15) is 9.90 Å². The zero-order valence-electron chi connectivity index (χ0n) is 20.8. The Bertz CT molecular complexity index is 1010. The minimum atomic E-state index is -0.741. The zero-order valence-corrected chi connectivity index (χ0v) is 20.8. The predicted molar refractivity (Wildman–Crippen MR) is 131 cm³/mol. The number of carbonyl (C=O) groups is 1. The van der Waals surface area contributed by atoms with Gasteiger partial charge < -0.3 is 24.2 Å². The van der Waals surface area contributed by atoms with Gasteiger partial charge in [-0.15, -0.1) is 0 Å². The average Bonchev–Trinajstić information content (AvgIpc) is 2.96. The summed E-state index contributed by atoms with van der Waals surface area (Å²) in [6.07, 6.45) is 2.04. The third-order valence-electron chi connectivity index (χ3n) is 7.26. The second kappa shape index (κ2) is 10.5. The van der Waals surface area contributed by atoms with Gasteiger partial charge in [-0.3, -0.25) is 4.79 Å². The molecule has 4 rings (SSSR count). The Balaban J connectivity index is 1.65. The highest BCUT2D eigenvalue weighted by molar-refractivity contribution is 5.73. The number of fused-ring (bicyclic) bond motifs is 2. The first-order valence-electron chi connectivity index (χ1n) is 12.1. The van der Waals surface area contributed by atoms with Crippen molar-refractivity contribution in [1.82, 2.24) is 4.90 Å². The summed E-state index contributed by atoms with van der Waals surface area (Å²) in [5.74, 6) is 0.893. The van der Waals surface area contributed by atoms with Crippen LogP contribution in [-0.4, -0.2) is 49.8 Å². The first-order chi connectivity index (χ1) is 16.3. The molecular weight excluding hydrogens is 430 g/mol. The lowest BCUT2D eigenvalue weighted by Crippen LogP contribution is -2.43. The number of benzene rings is 2. The third-order valence-corrected chi connectivity index (χ3v) is 7.26. The Morgan fingerprint density at radius 3 is 2.32 bits per heavy atom. The molecule has 1 atom stereocenters. The highest BCUT2D eigenvalue weighted by Gasteiger charge is 2.36. The minimum absolute atomic E-state index is 0.232. The molecule has 34 heavy (non-hydrogen) atoms. The summed E-state index contributed by atoms with van der Waals surface area (Å²) in [7, 11) is 3.44. The Morgan fingerprint density at radius 1 is 1.03 bits per heavy atom. The van der Waals surface area contributed by atoms with Crippen molar-refractivity contribution in [3.05, 3.63) is 64.2 Å². The van der Waals surface area contributed by atoms with Crippen LogP contribution in [0.25, 0.3) is 0 Å². The van der Waals surface area contributed by atoms with Gasteiger partial charge >= 0.3 is 5.97 Å². The molecule has 184 valence electrons. The maximum atomic E-state index is 11.6. The van der Waals surface area contributed by atoms with Gasteiger partial charge in [0.05, 0.1) is 18.6 Å². The van der Waals surface area contributed by atoms with Crippen molar-refractivity contribution in [3.63, 3.8) is 0 Å². The van der Waals surface area contributed by atoms with Crippen molar-refractivity contribution >= 4 is 5.97 Å². The van der Waals surface area contributed by atoms with E-state index in [4.69, 9.17) is 14.2 Å². The molecular formula is C28H37NO5. The fourth-order valence-corrected chi connectivity index (χ4v) is 5.47. The third kappa shape index (κ3) is 5.29. The molecule has 1 saturated heterocycles. The van der Waals surface area contributed by atoms with Crippen molar-refractivity contribution in [2.45, 2.75) is 52.4 Å². The summed E-state index contributed by atoms with van der Waals surface area (Å²) in [6.45, 7) is 7.71. The first-order valence-corrected chi connectivity index (χ1v) is 12.1. The second-order valence-corrected chi connectivity index (χ2v) is 10.3. The highest BCUT2D eigenvalue weighted by atomic mass is 16.5. The van der Waals surface area contributed by atoms with E-state index in [0.29, 0.717) is 32.3 Å². The Morgan fingerprint density at radius 2 is 1.68 bits per heavy atom. The van der Waals surface area contributed by atoms with E-state index in [-0.39, 0.29) is 5.92 Å². The molecule has 0 aliphatic carbocycles. The number of nitrogens with zero attached hydrogens (tertiary/aromatic N) is 1. The molecule has 0 radical (unpaired) electrons. The normalized spacial score (nSPS) is 19.1. The van der Waals surface area contributed by atoms with E-state index in [2.05, 4.69) is 41.3 Å². The van der Waals surface area contributed by atoms with Gasteiger partial charge in [-0.2, -0.15) is 0 Å². The van der Waals surface area contributed by atoms with Gasteiger partial charge in [0.1, 0.15) is 12.4 Å². The molecule has 0 bridgehead atoms. The van der Waals surface area contributed by atoms with Crippen LogP contribution in [0.4, 0.5) is 0 Å². The minimum Gasteiger partial charge on any atom is -0.489 e. The molecule has 2 aliphatic heterocycles. The maximum absolute atomic E-state index is 11.6. The number of rotatable bonds is 8. The summed E-state index contributed by atoms with van der Waals surface area (Å²) in [4.78, 5) is 13.9. The fourth-order valence-electron chi connectivity index (χ4n) is 5.47. The van der Waals surface area contributed by atoms with Crippen LogP contribution >= 0.6 is 0 Å². The largest absolute Gasteiger partial charge is 0.489 e. The number of carboxylic acids is 1. The van der Waals surface area contributed by atoms with Gasteiger partial charge in [-0.25, -0.2) is 0 Å². The van der Waals surface area contributed by atoms with Crippen molar-refractivity contribution in [1.29, 1.82) is 0 Å². The van der Waals surface area contributed by atoms with Crippen LogP contribution < -0.4 is 4.74 Å². The lowest BCUT2D eigenvalue weighted by molar-refractivity contribution is -0.148. The molecule has 0 saturated carbocycles. The van der Waals surface area contributed by atoms with Gasteiger partial charge in [-0.1, -0.05) is 18.2 Å². The van der Waals surface area contributed by atoms with Crippen molar-refractivity contribution in [2.24, 2.45) is 11.3 Å². The molecule has 1 fully saturated rings. The van der Waals surface area contributed by atoms with Gasteiger partial charge in [0, 0.05) is 32.2 Å². The van der Waals surface area contributed by atoms with Crippen molar-refractivity contribution in [3.8, 4) is 5.75 Å². The summed E-state index contributed by atoms with van der Waals surface area (Å²) < 4.78 is 17.1. The molecule has 2 heterocycles. The number of likely N-dealkylation sites (tertiary alicyclic amines) is 1. The molecule has 6 nitrogen and oxygen atoms in total. The number of ether oxygens (including phenoxy) is 3. The molecule has 2 aromatic rings. The molecule has 0 spiro atoms. The van der Waals surface area contributed by atoms with E-state index in [1.807, 2.05) is 13.8 Å². The summed E-state index contributed by atoms with van der Waals surface area (Å²) in [5.41, 5.74) is 5.35. The van der Waals surface area contributed by atoms with Gasteiger partial charge in [0.2, 0.25) is 0 Å². The van der Waals surface area contributed by atoms with Crippen LogP contribution in [0.5, 0.6) is 5.75 Å². The molecule has 6 heteroatoms. The number of aliphatic carboxylic acids is 1. The standard InChI is InChI=1S/C28H37NO5/c1-28(2,27(30)31)18-29-11-9-21(10-12-29)26-23-7-5-19(15-32-3)13-22(23)17-34-25-8-6-20(16-33-4)14-24(25)26/h5-8,13-14,21,26H,9-12,15-18H2,1-4H3,(H,30,31). The van der Waals surface area contributed by atoms with Crippen molar-refractivity contribution < 1.29 is 24.1 Å². The number of methoxy groups -OCH3 is 2. The first kappa shape index (κ1) is 24.7. The average molecular weight is 468 g/mol. The molecule has 1 N–H and O–H groups in total. The van der Waals surface area contributed by atoms with Crippen LogP contribution in [0, 0.1) is 11.3 Å². The van der Waals surface area contributed by atoms with Gasteiger partial charge in [-0.05, 0) is 86.1 Å². The number of piperidine rings is 1. The Labute approximate surface area is 202 Å². The van der Waals surface area contributed by atoms with Crippen LogP contribution in [0.1, 0.15) is 60.4 Å². The summed E-state index contributed by atoms with van der Waals surface area (Å²) in [6, 6.07) is 13.1. The zero-order chi connectivity index (χ0) is 24.3. The smallest absolute Gasteiger partial charge is 0.310 e. The van der Waals surface area contributed by atoms with E-state index < -0.39 is 11.4 Å². The van der Waals surface area contributed by atoms with Crippen LogP contribution in [0.3, 0.4) is 0 Å². The summed E-state index contributed by atoms with van der Waals surface area (Å²) >= 11 is 0. The van der Waals surface area contributed by atoms with Gasteiger partial charge in [0.15, 0.2) is 0 Å². The van der Waals surface area contributed by atoms with E-state index in [1.165, 1.54) is 16.7 Å². The predicted octanol–water partition coefficient (Wildman–Crippen LogP) is 4.83. The SMILES string of the molecule is COCc1ccc2c(c1)COc1ccc(COC)cc1C2C1CCN(CC(C)(C)C(=O)O)CC1. The lowest BCUT2D eigenvalue weighted by atomic mass is 9.74. The monoisotopic (exact) mass is 467 g/mol. The van der Waals surface area contributed by atoms with Crippen LogP contribution in [0.2, 0.25) is 0 Å². The van der Waals surface area contributed by atoms with Gasteiger partial charge in [0.25, 0.3) is 0 Å². The molecule has 2 aromatic carbocycles. The molecule has 0 amide bonds. The van der Waals surface area contributed by atoms with E-state index in [1.54, 1.807) is 14.2 Å². The Hall–Kier alpha value is -2.41.